The van der Waals surface area contributed by atoms with Gasteiger partial charge < -0.3 is 5.32 Å². The molecule has 0 unspecified atom stereocenters. The standard InChI is InChI=1S/C14H19Cl2N3O2/c1-8-4-3-5-11(9(8)2)18-12(20)7-19-14(21)13(16)10(15)6-17-19/h6,8-9,11H,3-5,7H2,1-2H3,(H,18,20)/t8-,9+,11-/m0/s1. The Morgan fingerprint density at radius 1 is 1.43 bits per heavy atom. The predicted molar refractivity (Wildman–Crippen MR) is 82.6 cm³/mol. The van der Waals surface area contributed by atoms with Gasteiger partial charge in [0.25, 0.3) is 5.56 Å². The normalized spacial score (nSPS) is 25.6. The molecule has 1 N–H and O–H groups in total. The molecule has 0 saturated heterocycles. The third-order valence-corrected chi connectivity index (χ3v) is 5.04. The molecule has 1 aromatic heterocycles. The van der Waals surface area contributed by atoms with Crippen LogP contribution in [0.4, 0.5) is 0 Å². The molecular formula is C14H19Cl2N3O2. The van der Waals surface area contributed by atoms with Gasteiger partial charge in [0, 0.05) is 6.04 Å². The van der Waals surface area contributed by atoms with Crippen molar-refractivity contribution < 1.29 is 4.79 Å². The number of amides is 1. The molecular weight excluding hydrogens is 313 g/mol. The highest BCUT2D eigenvalue weighted by atomic mass is 35.5. The molecule has 0 radical (unpaired) electrons. The fourth-order valence-corrected chi connectivity index (χ4v) is 3.00. The van der Waals surface area contributed by atoms with Crippen molar-refractivity contribution >= 4 is 29.1 Å². The molecule has 7 heteroatoms. The van der Waals surface area contributed by atoms with Crippen LogP contribution in [0.15, 0.2) is 11.0 Å². The Balaban J connectivity index is 2.02. The molecule has 3 atom stereocenters. The summed E-state index contributed by atoms with van der Waals surface area (Å²) in [6.07, 6.45) is 4.55. The molecule has 2 rings (SSSR count). The molecule has 0 spiro atoms. The summed E-state index contributed by atoms with van der Waals surface area (Å²) in [5, 5.41) is 6.81. The molecule has 1 heterocycles. The Morgan fingerprint density at radius 2 is 2.14 bits per heavy atom. The molecule has 1 aromatic rings. The average molecular weight is 332 g/mol. The van der Waals surface area contributed by atoms with Gasteiger partial charge in [0.2, 0.25) is 5.91 Å². The minimum absolute atomic E-state index is 0.0908. The zero-order chi connectivity index (χ0) is 15.6. The summed E-state index contributed by atoms with van der Waals surface area (Å²) in [5.41, 5.74) is -0.552. The fourth-order valence-electron chi connectivity index (χ4n) is 2.73. The lowest BCUT2D eigenvalue weighted by Crippen LogP contribution is -2.45. The quantitative estimate of drug-likeness (QED) is 0.925. The van der Waals surface area contributed by atoms with Crippen LogP contribution in [-0.2, 0) is 11.3 Å². The first-order valence-corrected chi connectivity index (χ1v) is 7.86. The first-order valence-electron chi connectivity index (χ1n) is 7.10. The van der Waals surface area contributed by atoms with E-state index in [2.05, 4.69) is 24.3 Å². The van der Waals surface area contributed by atoms with E-state index < -0.39 is 5.56 Å². The van der Waals surface area contributed by atoms with Crippen molar-refractivity contribution in [1.82, 2.24) is 15.1 Å². The van der Waals surface area contributed by atoms with E-state index in [0.29, 0.717) is 11.8 Å². The first kappa shape index (κ1) is 16.3. The molecule has 0 aliphatic heterocycles. The van der Waals surface area contributed by atoms with E-state index in [9.17, 15) is 9.59 Å². The van der Waals surface area contributed by atoms with Gasteiger partial charge in [0.05, 0.1) is 11.2 Å². The highest BCUT2D eigenvalue weighted by Crippen LogP contribution is 2.29. The molecule has 116 valence electrons. The molecule has 1 aliphatic carbocycles. The molecule has 1 amide bonds. The van der Waals surface area contributed by atoms with Gasteiger partial charge in [-0.2, -0.15) is 5.10 Å². The second-order valence-corrected chi connectivity index (χ2v) is 6.50. The number of halogens is 2. The topological polar surface area (TPSA) is 64.0 Å². The zero-order valence-corrected chi connectivity index (χ0v) is 13.6. The monoisotopic (exact) mass is 331 g/mol. The number of hydrogen-bond donors (Lipinski definition) is 1. The minimum Gasteiger partial charge on any atom is -0.351 e. The molecule has 1 saturated carbocycles. The van der Waals surface area contributed by atoms with Gasteiger partial charge in [-0.25, -0.2) is 4.68 Å². The van der Waals surface area contributed by atoms with Gasteiger partial charge >= 0.3 is 0 Å². The summed E-state index contributed by atoms with van der Waals surface area (Å²) in [6, 6.07) is 0.153. The number of carbonyl (C=O) groups is 1. The van der Waals surface area contributed by atoms with Crippen LogP contribution in [0.2, 0.25) is 10.0 Å². The zero-order valence-electron chi connectivity index (χ0n) is 12.1. The van der Waals surface area contributed by atoms with E-state index >= 15 is 0 Å². The minimum atomic E-state index is -0.552. The average Bonchev–Trinajstić information content (AvgIpc) is 2.45. The van der Waals surface area contributed by atoms with Crippen molar-refractivity contribution in [2.75, 3.05) is 0 Å². The van der Waals surface area contributed by atoms with Crippen molar-refractivity contribution in [1.29, 1.82) is 0 Å². The summed E-state index contributed by atoms with van der Waals surface area (Å²) in [7, 11) is 0. The Hall–Kier alpha value is -1.07. The molecule has 1 fully saturated rings. The van der Waals surface area contributed by atoms with Crippen LogP contribution in [0.1, 0.15) is 33.1 Å². The first-order chi connectivity index (χ1) is 9.90. The van der Waals surface area contributed by atoms with Gasteiger partial charge in [0.1, 0.15) is 11.6 Å². The number of nitrogens with one attached hydrogen (secondary N) is 1. The van der Waals surface area contributed by atoms with Crippen molar-refractivity contribution in [3.8, 4) is 0 Å². The number of carbonyl (C=O) groups excluding carboxylic acids is 1. The Kier molecular flexibility index (Phi) is 5.27. The third-order valence-electron chi connectivity index (χ3n) is 4.29. The maximum atomic E-state index is 12.1. The Bertz CT molecular complexity index is 588. The molecule has 1 aliphatic rings. The van der Waals surface area contributed by atoms with Crippen LogP contribution < -0.4 is 10.9 Å². The van der Waals surface area contributed by atoms with E-state index in [-0.39, 0.29) is 28.5 Å². The van der Waals surface area contributed by atoms with E-state index in [1.807, 2.05) is 0 Å². The SMILES string of the molecule is C[C@H]1[C@@H](NC(=O)Cn2ncc(Cl)c(Cl)c2=O)CCC[C@@H]1C. The number of rotatable bonds is 3. The number of hydrogen-bond acceptors (Lipinski definition) is 3. The third kappa shape index (κ3) is 3.77. The van der Waals surface area contributed by atoms with Crippen LogP contribution in [0.25, 0.3) is 0 Å². The largest absolute Gasteiger partial charge is 0.351 e. The second-order valence-electron chi connectivity index (χ2n) is 5.71. The van der Waals surface area contributed by atoms with Gasteiger partial charge in [-0.05, 0) is 18.3 Å². The summed E-state index contributed by atoms with van der Waals surface area (Å²) in [6.45, 7) is 4.21. The predicted octanol–water partition coefficient (Wildman–Crippen LogP) is 2.49. The van der Waals surface area contributed by atoms with E-state index in [4.69, 9.17) is 23.2 Å². The van der Waals surface area contributed by atoms with Crippen LogP contribution in [-0.4, -0.2) is 21.7 Å². The lowest BCUT2D eigenvalue weighted by atomic mass is 9.78. The van der Waals surface area contributed by atoms with Crippen molar-refractivity contribution in [3.05, 3.63) is 26.6 Å². The van der Waals surface area contributed by atoms with Gasteiger partial charge in [-0.3, -0.25) is 9.59 Å². The highest BCUT2D eigenvalue weighted by molar-refractivity contribution is 6.41. The molecule has 5 nitrogen and oxygen atoms in total. The molecule has 0 aromatic carbocycles. The summed E-state index contributed by atoms with van der Waals surface area (Å²) < 4.78 is 1.03. The van der Waals surface area contributed by atoms with Crippen molar-refractivity contribution in [2.45, 2.75) is 45.7 Å². The van der Waals surface area contributed by atoms with Crippen LogP contribution in [0, 0.1) is 11.8 Å². The number of aromatic nitrogens is 2. The summed E-state index contributed by atoms with van der Waals surface area (Å²) in [4.78, 5) is 23.9. The van der Waals surface area contributed by atoms with Gasteiger partial charge in [-0.15, -0.1) is 0 Å². The maximum Gasteiger partial charge on any atom is 0.287 e. The van der Waals surface area contributed by atoms with Crippen molar-refractivity contribution in [3.63, 3.8) is 0 Å². The number of nitrogens with zero attached hydrogens (tertiary/aromatic N) is 2. The fraction of sp³-hybridized carbons (Fsp3) is 0.643. The van der Waals surface area contributed by atoms with E-state index in [1.165, 1.54) is 12.6 Å². The Morgan fingerprint density at radius 3 is 2.86 bits per heavy atom. The van der Waals surface area contributed by atoms with Gasteiger partial charge in [0.15, 0.2) is 0 Å². The maximum absolute atomic E-state index is 12.1. The Labute approximate surface area is 133 Å². The van der Waals surface area contributed by atoms with E-state index in [1.54, 1.807) is 0 Å². The van der Waals surface area contributed by atoms with E-state index in [0.717, 1.165) is 17.5 Å². The lowest BCUT2D eigenvalue weighted by molar-refractivity contribution is -0.123. The smallest absolute Gasteiger partial charge is 0.287 e. The second kappa shape index (κ2) is 6.79. The van der Waals surface area contributed by atoms with Crippen LogP contribution >= 0.6 is 23.2 Å². The highest BCUT2D eigenvalue weighted by Gasteiger charge is 2.28. The van der Waals surface area contributed by atoms with Gasteiger partial charge in [-0.1, -0.05) is 49.9 Å². The molecule has 21 heavy (non-hydrogen) atoms. The molecule has 0 bridgehead atoms. The summed E-state index contributed by atoms with van der Waals surface area (Å²) in [5.74, 6) is 0.796. The van der Waals surface area contributed by atoms with Crippen LogP contribution in [0.3, 0.4) is 0 Å². The summed E-state index contributed by atoms with van der Waals surface area (Å²) >= 11 is 11.5. The lowest BCUT2D eigenvalue weighted by Gasteiger charge is -2.34. The van der Waals surface area contributed by atoms with Crippen molar-refractivity contribution in [2.24, 2.45) is 11.8 Å². The van der Waals surface area contributed by atoms with Crippen LogP contribution in [0.5, 0.6) is 0 Å².